The van der Waals surface area contributed by atoms with Crippen molar-refractivity contribution in [3.63, 3.8) is 0 Å². The van der Waals surface area contributed by atoms with Gasteiger partial charge in [0.25, 0.3) is 5.91 Å². The number of benzene rings is 1. The lowest BCUT2D eigenvalue weighted by Crippen LogP contribution is -2.26. The van der Waals surface area contributed by atoms with Crippen LogP contribution >= 0.6 is 0 Å². The maximum atomic E-state index is 12.5. The standard InChI is InChI=1S/C19H19N5O4/c1-11-13(8-25)28-19(15(11)27-2)24-10-22-14-16(20-9-21-17(14)24)23-18(26)12-6-4-3-5-7-12/h3-11,13,15,19H,1-2H3,(H,20,21,23,26)/t11-,13-,15-,19-/m1/s1/i8D. The summed E-state index contributed by atoms with van der Waals surface area (Å²) < 4.78 is 20.4. The van der Waals surface area contributed by atoms with E-state index in [1.807, 2.05) is 6.07 Å². The molecule has 0 aliphatic carbocycles. The first-order chi connectivity index (χ1) is 14.0. The van der Waals surface area contributed by atoms with E-state index in [0.29, 0.717) is 16.7 Å². The van der Waals surface area contributed by atoms with E-state index >= 15 is 0 Å². The normalized spacial score (nSPS) is 24.9. The molecule has 4 atom stereocenters. The second kappa shape index (κ2) is 7.45. The lowest BCUT2D eigenvalue weighted by atomic mass is 10.0. The summed E-state index contributed by atoms with van der Waals surface area (Å²) in [6.45, 7) is 1.80. The van der Waals surface area contributed by atoms with Crippen LogP contribution in [-0.4, -0.2) is 51.0 Å². The van der Waals surface area contributed by atoms with Crippen LogP contribution in [0.25, 0.3) is 11.2 Å². The Bertz CT molecular complexity index is 1060. The number of anilines is 1. The molecule has 28 heavy (non-hydrogen) atoms. The predicted molar refractivity (Wildman–Crippen MR) is 99.7 cm³/mol. The summed E-state index contributed by atoms with van der Waals surface area (Å²) in [5, 5.41) is 2.74. The lowest BCUT2D eigenvalue weighted by molar-refractivity contribution is -0.121. The van der Waals surface area contributed by atoms with Gasteiger partial charge in [-0.3, -0.25) is 9.36 Å². The van der Waals surface area contributed by atoms with Gasteiger partial charge in [-0.25, -0.2) is 15.0 Å². The fourth-order valence-corrected chi connectivity index (χ4v) is 3.37. The predicted octanol–water partition coefficient (Wildman–Crippen LogP) is 1.83. The number of hydrogen-bond donors (Lipinski definition) is 1. The van der Waals surface area contributed by atoms with Crippen molar-refractivity contribution in [1.82, 2.24) is 19.5 Å². The topological polar surface area (TPSA) is 108 Å². The van der Waals surface area contributed by atoms with E-state index < -0.39 is 24.7 Å². The number of carbonyl (C=O) groups is 2. The van der Waals surface area contributed by atoms with Crippen LogP contribution < -0.4 is 5.32 Å². The van der Waals surface area contributed by atoms with Crippen LogP contribution in [0.1, 0.15) is 24.9 Å². The Labute approximate surface area is 162 Å². The average molecular weight is 382 g/mol. The van der Waals surface area contributed by atoms with Crippen LogP contribution in [-0.2, 0) is 14.3 Å². The molecule has 1 N–H and O–H groups in total. The van der Waals surface area contributed by atoms with E-state index in [0.717, 1.165) is 0 Å². The maximum Gasteiger partial charge on any atom is 0.256 e. The van der Waals surface area contributed by atoms with Crippen LogP contribution in [0.15, 0.2) is 43.0 Å². The summed E-state index contributed by atoms with van der Waals surface area (Å²) >= 11 is 0. The van der Waals surface area contributed by atoms with Crippen molar-refractivity contribution >= 4 is 29.2 Å². The minimum atomic E-state index is -0.901. The number of imidazole rings is 1. The van der Waals surface area contributed by atoms with Gasteiger partial charge in [0.2, 0.25) is 0 Å². The first-order valence-corrected chi connectivity index (χ1v) is 8.74. The fourth-order valence-electron chi connectivity index (χ4n) is 3.37. The molecule has 9 heteroatoms. The summed E-state index contributed by atoms with van der Waals surface area (Å²) in [5.41, 5.74) is 1.28. The number of nitrogens with zero attached hydrogens (tertiary/aromatic N) is 4. The highest BCUT2D eigenvalue weighted by Gasteiger charge is 2.43. The van der Waals surface area contributed by atoms with Crippen molar-refractivity contribution in [2.24, 2.45) is 5.92 Å². The number of ether oxygens (including phenoxy) is 2. The minimum absolute atomic E-state index is 0.260. The van der Waals surface area contributed by atoms with Crippen molar-refractivity contribution < 1.29 is 20.4 Å². The number of hydrogen-bond acceptors (Lipinski definition) is 7. The molecule has 0 unspecified atom stereocenters. The number of carbonyl (C=O) groups excluding carboxylic acids is 2. The molecule has 9 nitrogen and oxygen atoms in total. The first kappa shape index (κ1) is 17.0. The molecule has 0 saturated carbocycles. The summed E-state index contributed by atoms with van der Waals surface area (Å²) in [7, 11) is 1.52. The molecule has 144 valence electrons. The van der Waals surface area contributed by atoms with Gasteiger partial charge in [-0.05, 0) is 12.1 Å². The van der Waals surface area contributed by atoms with Gasteiger partial charge in [0.05, 0.1) is 6.33 Å². The number of aldehydes is 1. The summed E-state index contributed by atoms with van der Waals surface area (Å²) in [6, 6.07) is 8.76. The molecule has 1 aromatic carbocycles. The van der Waals surface area contributed by atoms with Crippen LogP contribution in [0.2, 0.25) is 0 Å². The molecule has 0 spiro atoms. The van der Waals surface area contributed by atoms with Crippen molar-refractivity contribution in [2.75, 3.05) is 12.4 Å². The number of amides is 1. The number of rotatable bonds is 5. The number of fused-ring (bicyclic) bond motifs is 1. The molecule has 0 radical (unpaired) electrons. The largest absolute Gasteiger partial charge is 0.376 e. The number of methoxy groups -OCH3 is 1. The molecular weight excluding hydrogens is 362 g/mol. The zero-order valence-corrected chi connectivity index (χ0v) is 15.3. The van der Waals surface area contributed by atoms with Crippen LogP contribution in [0.4, 0.5) is 5.82 Å². The third kappa shape index (κ3) is 3.04. The Kier molecular flexibility index (Phi) is 4.51. The lowest BCUT2D eigenvalue weighted by Gasteiger charge is -2.20. The number of aromatic nitrogens is 4. The molecule has 1 fully saturated rings. The zero-order chi connectivity index (χ0) is 20.5. The van der Waals surface area contributed by atoms with Gasteiger partial charge >= 0.3 is 0 Å². The summed E-state index contributed by atoms with van der Waals surface area (Å²) in [6.07, 6.45) is -0.0547. The van der Waals surface area contributed by atoms with E-state index in [1.54, 1.807) is 35.8 Å². The Morgan fingerprint density at radius 1 is 1.32 bits per heavy atom. The van der Waals surface area contributed by atoms with Crippen molar-refractivity contribution in [1.29, 1.82) is 0 Å². The first-order valence-electron chi connectivity index (χ1n) is 9.24. The Balaban J connectivity index is 1.67. The smallest absolute Gasteiger partial charge is 0.256 e. The van der Waals surface area contributed by atoms with Gasteiger partial charge < -0.3 is 19.6 Å². The second-order valence-electron chi connectivity index (χ2n) is 6.49. The van der Waals surface area contributed by atoms with Gasteiger partial charge in [0.1, 0.15) is 26.2 Å². The quantitative estimate of drug-likeness (QED) is 0.671. The monoisotopic (exact) mass is 382 g/mol. The SMILES string of the molecule is [2H]C(=O)[C@H]1O[C@@H](n2cnc3c(NC(=O)c4ccccc4)ncnc32)[C@H](OC)[C@@H]1C. The maximum absolute atomic E-state index is 12.5. The molecule has 1 amide bonds. The van der Waals surface area contributed by atoms with E-state index in [9.17, 15) is 9.59 Å². The van der Waals surface area contributed by atoms with Gasteiger partial charge in [0, 0.05) is 18.6 Å². The summed E-state index contributed by atoms with van der Waals surface area (Å²) in [5.74, 6) is -0.372. The molecule has 3 heterocycles. The molecule has 1 aliphatic heterocycles. The van der Waals surface area contributed by atoms with Crippen molar-refractivity contribution in [3.8, 4) is 0 Å². The van der Waals surface area contributed by atoms with E-state index in [2.05, 4.69) is 20.3 Å². The van der Waals surface area contributed by atoms with Crippen LogP contribution in [0.3, 0.4) is 0 Å². The van der Waals surface area contributed by atoms with Gasteiger partial charge in [-0.1, -0.05) is 25.1 Å². The minimum Gasteiger partial charge on any atom is -0.376 e. The Hall–Kier alpha value is -3.17. The molecule has 0 bridgehead atoms. The van der Waals surface area contributed by atoms with Crippen molar-refractivity contribution in [2.45, 2.75) is 25.4 Å². The van der Waals surface area contributed by atoms with E-state index in [1.165, 1.54) is 19.8 Å². The highest BCUT2D eigenvalue weighted by Crippen LogP contribution is 2.36. The molecular formula is C19H19N5O4. The Morgan fingerprint density at radius 3 is 2.82 bits per heavy atom. The fraction of sp³-hybridized carbons (Fsp3) is 0.316. The third-order valence-electron chi connectivity index (χ3n) is 4.85. The molecule has 1 aliphatic rings. The third-order valence-corrected chi connectivity index (χ3v) is 4.85. The van der Waals surface area contributed by atoms with E-state index in [4.69, 9.17) is 10.8 Å². The Morgan fingerprint density at radius 2 is 2.11 bits per heavy atom. The van der Waals surface area contributed by atoms with Crippen LogP contribution in [0, 0.1) is 5.92 Å². The zero-order valence-electron chi connectivity index (χ0n) is 16.3. The second-order valence-corrected chi connectivity index (χ2v) is 6.49. The molecule has 1 saturated heterocycles. The van der Waals surface area contributed by atoms with Crippen molar-refractivity contribution in [3.05, 3.63) is 48.5 Å². The van der Waals surface area contributed by atoms with Crippen LogP contribution in [0.5, 0.6) is 0 Å². The number of nitrogens with one attached hydrogen (secondary N) is 1. The highest BCUT2D eigenvalue weighted by atomic mass is 16.6. The molecule has 4 rings (SSSR count). The van der Waals surface area contributed by atoms with E-state index in [-0.39, 0.29) is 17.6 Å². The molecule has 3 aromatic rings. The average Bonchev–Trinajstić information content (AvgIpc) is 3.29. The van der Waals surface area contributed by atoms with Gasteiger partial charge in [0.15, 0.2) is 23.2 Å². The van der Waals surface area contributed by atoms with Gasteiger partial charge in [-0.15, -0.1) is 0 Å². The highest BCUT2D eigenvalue weighted by molar-refractivity contribution is 6.06. The summed E-state index contributed by atoms with van der Waals surface area (Å²) in [4.78, 5) is 36.8. The molecule has 2 aromatic heterocycles. The van der Waals surface area contributed by atoms with Gasteiger partial charge in [-0.2, -0.15) is 0 Å².